The molecule has 1 heterocycles. The molecule has 0 saturated heterocycles. The fourth-order valence-corrected chi connectivity index (χ4v) is 3.70. The third-order valence-corrected chi connectivity index (χ3v) is 5.41. The maximum absolute atomic E-state index is 13.5. The van der Waals surface area contributed by atoms with E-state index >= 15 is 0 Å². The fourth-order valence-electron chi connectivity index (χ4n) is 3.70. The third kappa shape index (κ3) is 5.30. The zero-order valence-corrected chi connectivity index (χ0v) is 17.6. The average Bonchev–Trinajstić information content (AvgIpc) is 2.82. The molecule has 0 radical (unpaired) electrons. The number of aliphatic hydroxyl groups is 1. The first kappa shape index (κ1) is 22.3. The number of halogens is 2. The number of carboxylic acid groups (broad SMARTS) is 1. The number of hydrogen-bond acceptors (Lipinski definition) is 3. The molecule has 0 amide bonds. The molecule has 33 heavy (non-hydrogen) atoms. The smallest absolute Gasteiger partial charge is 0.336 e. The Kier molecular flexibility index (Phi) is 6.56. The molecule has 6 heteroatoms. The lowest BCUT2D eigenvalue weighted by atomic mass is 9.96. The van der Waals surface area contributed by atoms with E-state index < -0.39 is 23.7 Å². The summed E-state index contributed by atoms with van der Waals surface area (Å²) in [6.45, 7) is 0. The van der Waals surface area contributed by atoms with E-state index in [1.807, 2.05) is 30.3 Å². The molecule has 2 N–H and O–H groups in total. The first-order chi connectivity index (χ1) is 15.9. The summed E-state index contributed by atoms with van der Waals surface area (Å²) in [6, 6.07) is 19.8. The van der Waals surface area contributed by atoms with Crippen LogP contribution in [-0.2, 0) is 6.42 Å². The zero-order chi connectivity index (χ0) is 23.4. The van der Waals surface area contributed by atoms with Crippen LogP contribution in [0.15, 0.2) is 72.8 Å². The first-order valence-corrected chi connectivity index (χ1v) is 10.4. The average molecular weight is 445 g/mol. The largest absolute Gasteiger partial charge is 0.478 e. The van der Waals surface area contributed by atoms with Crippen molar-refractivity contribution in [3.8, 4) is 0 Å². The summed E-state index contributed by atoms with van der Waals surface area (Å²) in [4.78, 5) is 15.7. The zero-order valence-electron chi connectivity index (χ0n) is 17.6. The standard InChI is InChI=1S/C27H21F2NO3/c28-23-15-19-10-12-20(30-25(19)16-24(23)29)11-8-17-4-3-5-18(14-17)9-13-26(31)21-6-1-2-7-22(21)27(32)33/h1-8,10-12,14-16,26,31H,9,13H2,(H,32,33)/b11-8+/t26-/m0/s1. The molecule has 4 aromatic rings. The van der Waals surface area contributed by atoms with Crippen molar-refractivity contribution >= 4 is 29.0 Å². The number of aliphatic hydroxyl groups excluding tert-OH is 1. The van der Waals surface area contributed by atoms with Gasteiger partial charge in [-0.1, -0.05) is 54.6 Å². The number of aromatic nitrogens is 1. The Morgan fingerprint density at radius 3 is 2.55 bits per heavy atom. The van der Waals surface area contributed by atoms with Crippen molar-refractivity contribution in [2.75, 3.05) is 0 Å². The molecule has 0 bridgehead atoms. The van der Waals surface area contributed by atoms with Gasteiger partial charge in [0.25, 0.3) is 0 Å². The maximum atomic E-state index is 13.5. The molecule has 3 aromatic carbocycles. The van der Waals surface area contributed by atoms with Crippen LogP contribution in [0.3, 0.4) is 0 Å². The molecule has 0 aliphatic rings. The summed E-state index contributed by atoms with van der Waals surface area (Å²) >= 11 is 0. The van der Waals surface area contributed by atoms with E-state index in [4.69, 9.17) is 0 Å². The second kappa shape index (κ2) is 9.71. The third-order valence-electron chi connectivity index (χ3n) is 5.41. The van der Waals surface area contributed by atoms with Gasteiger partial charge in [0.05, 0.1) is 22.9 Å². The van der Waals surface area contributed by atoms with Gasteiger partial charge in [0.1, 0.15) is 0 Å². The number of rotatable bonds is 7. The number of pyridine rings is 1. The van der Waals surface area contributed by atoms with Crippen LogP contribution in [0.2, 0.25) is 0 Å². The summed E-state index contributed by atoms with van der Waals surface area (Å²) in [5.41, 5.74) is 3.40. The molecule has 4 rings (SSSR count). The lowest BCUT2D eigenvalue weighted by Gasteiger charge is -2.13. The quantitative estimate of drug-likeness (QED) is 0.363. The van der Waals surface area contributed by atoms with Crippen molar-refractivity contribution in [3.05, 3.63) is 112 Å². The van der Waals surface area contributed by atoms with Crippen LogP contribution in [0.25, 0.3) is 23.1 Å². The fraction of sp³-hybridized carbons (Fsp3) is 0.111. The second-order valence-electron chi connectivity index (χ2n) is 7.72. The summed E-state index contributed by atoms with van der Waals surface area (Å²) < 4.78 is 26.9. The summed E-state index contributed by atoms with van der Waals surface area (Å²) in [5, 5.41) is 20.4. The number of hydrogen-bond donors (Lipinski definition) is 2. The van der Waals surface area contributed by atoms with Crippen LogP contribution >= 0.6 is 0 Å². The molecule has 166 valence electrons. The van der Waals surface area contributed by atoms with Crippen LogP contribution in [0, 0.1) is 11.6 Å². The minimum absolute atomic E-state index is 0.104. The highest BCUT2D eigenvalue weighted by Crippen LogP contribution is 2.24. The van der Waals surface area contributed by atoms with Crippen LogP contribution < -0.4 is 0 Å². The van der Waals surface area contributed by atoms with Gasteiger partial charge in [-0.2, -0.15) is 0 Å². The normalized spacial score (nSPS) is 12.3. The van der Waals surface area contributed by atoms with Crippen molar-refractivity contribution in [2.45, 2.75) is 18.9 Å². The van der Waals surface area contributed by atoms with Gasteiger partial charge in [-0.15, -0.1) is 0 Å². The molecular weight excluding hydrogens is 424 g/mol. The molecule has 0 aliphatic carbocycles. The highest BCUT2D eigenvalue weighted by molar-refractivity contribution is 5.89. The maximum Gasteiger partial charge on any atom is 0.336 e. The molecule has 0 saturated carbocycles. The Balaban J connectivity index is 1.46. The Morgan fingerprint density at radius 1 is 0.939 bits per heavy atom. The van der Waals surface area contributed by atoms with E-state index in [1.165, 1.54) is 6.07 Å². The van der Waals surface area contributed by atoms with Crippen molar-refractivity contribution in [2.24, 2.45) is 0 Å². The molecule has 1 aromatic heterocycles. The number of aromatic carboxylic acids is 1. The minimum atomic E-state index is -1.06. The number of fused-ring (bicyclic) bond motifs is 1. The Labute approximate surface area is 189 Å². The summed E-state index contributed by atoms with van der Waals surface area (Å²) in [7, 11) is 0. The Morgan fingerprint density at radius 2 is 1.73 bits per heavy atom. The van der Waals surface area contributed by atoms with Gasteiger partial charge in [-0.05, 0) is 53.8 Å². The van der Waals surface area contributed by atoms with Gasteiger partial charge < -0.3 is 10.2 Å². The van der Waals surface area contributed by atoms with Crippen LogP contribution in [0.4, 0.5) is 8.78 Å². The monoisotopic (exact) mass is 445 g/mol. The van der Waals surface area contributed by atoms with E-state index in [-0.39, 0.29) is 5.56 Å². The van der Waals surface area contributed by atoms with Crippen molar-refractivity contribution in [1.82, 2.24) is 4.98 Å². The highest BCUT2D eigenvalue weighted by atomic mass is 19.2. The predicted molar refractivity (Wildman–Crippen MR) is 124 cm³/mol. The van der Waals surface area contributed by atoms with Gasteiger partial charge in [-0.25, -0.2) is 18.6 Å². The van der Waals surface area contributed by atoms with Crippen LogP contribution in [-0.4, -0.2) is 21.2 Å². The second-order valence-corrected chi connectivity index (χ2v) is 7.72. The van der Waals surface area contributed by atoms with Gasteiger partial charge in [0, 0.05) is 11.5 Å². The van der Waals surface area contributed by atoms with Crippen LogP contribution in [0.5, 0.6) is 0 Å². The Hall–Kier alpha value is -3.90. The predicted octanol–water partition coefficient (Wildman–Crippen LogP) is 6.05. The van der Waals surface area contributed by atoms with Gasteiger partial charge >= 0.3 is 5.97 Å². The van der Waals surface area contributed by atoms with Gasteiger partial charge in [0.15, 0.2) is 11.6 Å². The van der Waals surface area contributed by atoms with E-state index in [0.29, 0.717) is 35.0 Å². The number of benzene rings is 3. The molecule has 0 fully saturated rings. The number of carbonyl (C=O) groups is 1. The molecule has 0 unspecified atom stereocenters. The topological polar surface area (TPSA) is 70.4 Å². The number of aryl methyl sites for hydroxylation is 1. The molecule has 0 aliphatic heterocycles. The van der Waals surface area contributed by atoms with E-state index in [2.05, 4.69) is 4.98 Å². The van der Waals surface area contributed by atoms with E-state index in [0.717, 1.165) is 23.3 Å². The SMILES string of the molecule is O=C(O)c1ccccc1[C@@H](O)CCc1cccc(/C=C/c2ccc3cc(F)c(F)cc3n2)c1. The van der Waals surface area contributed by atoms with Crippen LogP contribution in [0.1, 0.15) is 45.3 Å². The summed E-state index contributed by atoms with van der Waals surface area (Å²) in [5.74, 6) is -2.90. The highest BCUT2D eigenvalue weighted by Gasteiger charge is 2.16. The molecule has 0 spiro atoms. The Bertz CT molecular complexity index is 1350. The van der Waals surface area contributed by atoms with E-state index in [9.17, 15) is 23.8 Å². The number of carboxylic acids is 1. The number of nitrogens with zero attached hydrogens (tertiary/aromatic N) is 1. The van der Waals surface area contributed by atoms with E-state index in [1.54, 1.807) is 36.4 Å². The molecule has 4 nitrogen and oxygen atoms in total. The molecular formula is C27H21F2NO3. The van der Waals surface area contributed by atoms with Crippen molar-refractivity contribution in [3.63, 3.8) is 0 Å². The minimum Gasteiger partial charge on any atom is -0.478 e. The van der Waals surface area contributed by atoms with Gasteiger partial charge in [0.2, 0.25) is 0 Å². The van der Waals surface area contributed by atoms with Gasteiger partial charge in [-0.3, -0.25) is 0 Å². The molecule has 1 atom stereocenters. The first-order valence-electron chi connectivity index (χ1n) is 10.4. The summed E-state index contributed by atoms with van der Waals surface area (Å²) in [6.07, 6.45) is 3.72. The lowest BCUT2D eigenvalue weighted by Crippen LogP contribution is -2.08. The van der Waals surface area contributed by atoms with Crippen molar-refractivity contribution < 1.29 is 23.8 Å². The lowest BCUT2D eigenvalue weighted by molar-refractivity contribution is 0.0688. The van der Waals surface area contributed by atoms with Crippen molar-refractivity contribution in [1.29, 1.82) is 0 Å².